The predicted molar refractivity (Wildman–Crippen MR) is 126 cm³/mol. The molecule has 0 atom stereocenters. The minimum Gasteiger partial charge on any atom is -0.372 e. The van der Waals surface area contributed by atoms with Gasteiger partial charge in [-0.25, -0.2) is 4.79 Å². The molecule has 0 bridgehead atoms. The fourth-order valence-electron chi connectivity index (χ4n) is 3.63. The van der Waals surface area contributed by atoms with Crippen LogP contribution in [0.15, 0.2) is 78.9 Å². The van der Waals surface area contributed by atoms with E-state index < -0.39 is 0 Å². The van der Waals surface area contributed by atoms with Crippen LogP contribution in [0.5, 0.6) is 0 Å². The smallest absolute Gasteiger partial charge is 0.323 e. The first-order valence-electron chi connectivity index (χ1n) is 10.6. The number of anilines is 4. The molecule has 158 valence electrons. The highest BCUT2D eigenvalue weighted by Crippen LogP contribution is 2.22. The minimum absolute atomic E-state index is 0.189. The van der Waals surface area contributed by atoms with Crippen molar-refractivity contribution < 1.29 is 9.59 Å². The van der Waals surface area contributed by atoms with E-state index in [2.05, 4.69) is 33.0 Å². The quantitative estimate of drug-likeness (QED) is 0.511. The van der Waals surface area contributed by atoms with Crippen LogP contribution in [0.2, 0.25) is 0 Å². The largest absolute Gasteiger partial charge is 0.372 e. The van der Waals surface area contributed by atoms with Crippen LogP contribution < -0.4 is 20.9 Å². The van der Waals surface area contributed by atoms with Gasteiger partial charge in [0.25, 0.3) is 5.91 Å². The Morgan fingerprint density at radius 3 is 1.81 bits per heavy atom. The van der Waals surface area contributed by atoms with Gasteiger partial charge in [0, 0.05) is 41.4 Å². The summed E-state index contributed by atoms with van der Waals surface area (Å²) >= 11 is 0. The number of para-hydroxylation sites is 1. The van der Waals surface area contributed by atoms with Gasteiger partial charge in [-0.2, -0.15) is 0 Å². The van der Waals surface area contributed by atoms with E-state index in [-0.39, 0.29) is 11.9 Å². The number of hydrogen-bond donors (Lipinski definition) is 3. The summed E-state index contributed by atoms with van der Waals surface area (Å²) in [5, 5.41) is 8.44. The molecule has 31 heavy (non-hydrogen) atoms. The van der Waals surface area contributed by atoms with E-state index in [9.17, 15) is 9.59 Å². The van der Waals surface area contributed by atoms with E-state index in [0.717, 1.165) is 18.8 Å². The summed E-state index contributed by atoms with van der Waals surface area (Å²) in [6.45, 7) is 2.19. The number of rotatable bonds is 5. The van der Waals surface area contributed by atoms with E-state index in [0.29, 0.717) is 16.9 Å². The third-order valence-electron chi connectivity index (χ3n) is 5.28. The number of carbonyl (C=O) groups excluding carboxylic acids is 2. The second-order valence-electron chi connectivity index (χ2n) is 7.57. The molecule has 1 aliphatic rings. The van der Waals surface area contributed by atoms with Crippen molar-refractivity contribution in [2.24, 2.45) is 0 Å². The highest BCUT2D eigenvalue weighted by atomic mass is 16.2. The molecule has 1 heterocycles. The molecule has 6 heteroatoms. The van der Waals surface area contributed by atoms with Crippen molar-refractivity contribution >= 4 is 34.7 Å². The fraction of sp³-hybridized carbons (Fsp3) is 0.200. The molecule has 4 rings (SSSR count). The molecule has 3 aromatic rings. The Hall–Kier alpha value is -3.80. The van der Waals surface area contributed by atoms with Crippen LogP contribution in [-0.4, -0.2) is 25.0 Å². The predicted octanol–water partition coefficient (Wildman–Crippen LogP) is 5.57. The van der Waals surface area contributed by atoms with E-state index in [1.54, 1.807) is 24.3 Å². The first-order valence-corrected chi connectivity index (χ1v) is 10.6. The molecule has 1 saturated heterocycles. The summed E-state index contributed by atoms with van der Waals surface area (Å²) in [5.41, 5.74) is 3.80. The summed E-state index contributed by atoms with van der Waals surface area (Å²) in [5.74, 6) is -0.189. The summed E-state index contributed by atoms with van der Waals surface area (Å²) in [6.07, 6.45) is 3.77. The van der Waals surface area contributed by atoms with Gasteiger partial charge in [-0.1, -0.05) is 18.2 Å². The Kier molecular flexibility index (Phi) is 6.47. The zero-order valence-corrected chi connectivity index (χ0v) is 17.3. The topological polar surface area (TPSA) is 73.5 Å². The highest BCUT2D eigenvalue weighted by molar-refractivity contribution is 6.05. The third kappa shape index (κ3) is 5.63. The van der Waals surface area contributed by atoms with Crippen LogP contribution in [0.25, 0.3) is 0 Å². The van der Waals surface area contributed by atoms with E-state index >= 15 is 0 Å². The van der Waals surface area contributed by atoms with Gasteiger partial charge in [-0.3, -0.25) is 4.79 Å². The number of nitrogens with zero attached hydrogens (tertiary/aromatic N) is 1. The van der Waals surface area contributed by atoms with Crippen molar-refractivity contribution in [2.75, 3.05) is 33.9 Å². The summed E-state index contributed by atoms with van der Waals surface area (Å²) in [6, 6.07) is 23.7. The van der Waals surface area contributed by atoms with Crippen LogP contribution in [0.4, 0.5) is 27.5 Å². The second-order valence-corrected chi connectivity index (χ2v) is 7.57. The van der Waals surface area contributed by atoms with Crippen molar-refractivity contribution in [1.82, 2.24) is 0 Å². The van der Waals surface area contributed by atoms with Gasteiger partial charge < -0.3 is 20.9 Å². The first kappa shape index (κ1) is 20.5. The standard InChI is InChI=1S/C25H26N4O2/c30-24(26-21-13-15-23(16-14-21)29-17-5-2-6-18-29)19-9-11-22(12-10-19)28-25(31)27-20-7-3-1-4-8-20/h1,3-4,7-16H,2,5-6,17-18H2,(H,26,30)(H2,27,28,31). The lowest BCUT2D eigenvalue weighted by atomic mass is 10.1. The van der Waals surface area contributed by atoms with Crippen molar-refractivity contribution in [1.29, 1.82) is 0 Å². The van der Waals surface area contributed by atoms with Gasteiger partial charge in [-0.15, -0.1) is 0 Å². The third-order valence-corrected chi connectivity index (χ3v) is 5.28. The molecule has 3 aromatic carbocycles. The van der Waals surface area contributed by atoms with Gasteiger partial charge in [0.2, 0.25) is 0 Å². The van der Waals surface area contributed by atoms with Gasteiger partial charge in [0.1, 0.15) is 0 Å². The number of benzene rings is 3. The molecule has 0 aromatic heterocycles. The highest BCUT2D eigenvalue weighted by Gasteiger charge is 2.11. The average Bonchev–Trinajstić information content (AvgIpc) is 2.81. The molecule has 3 amide bonds. The van der Waals surface area contributed by atoms with Gasteiger partial charge >= 0.3 is 6.03 Å². The van der Waals surface area contributed by atoms with Crippen LogP contribution in [-0.2, 0) is 0 Å². The van der Waals surface area contributed by atoms with E-state index in [4.69, 9.17) is 0 Å². The van der Waals surface area contributed by atoms with E-state index in [1.807, 2.05) is 42.5 Å². The molecule has 0 unspecified atom stereocenters. The maximum Gasteiger partial charge on any atom is 0.323 e. The number of carbonyl (C=O) groups is 2. The van der Waals surface area contributed by atoms with Crippen LogP contribution >= 0.6 is 0 Å². The van der Waals surface area contributed by atoms with Crippen molar-refractivity contribution in [3.8, 4) is 0 Å². The van der Waals surface area contributed by atoms with Gasteiger partial charge in [0.05, 0.1) is 0 Å². The number of amides is 3. The molecule has 6 nitrogen and oxygen atoms in total. The molecule has 0 radical (unpaired) electrons. The first-order chi connectivity index (χ1) is 15.2. The van der Waals surface area contributed by atoms with Crippen LogP contribution in [0.3, 0.4) is 0 Å². The van der Waals surface area contributed by atoms with Crippen molar-refractivity contribution in [3.63, 3.8) is 0 Å². The normalized spacial score (nSPS) is 13.4. The Balaban J connectivity index is 1.31. The molecule has 0 aliphatic carbocycles. The Morgan fingerprint density at radius 2 is 1.16 bits per heavy atom. The van der Waals surface area contributed by atoms with E-state index in [1.165, 1.54) is 24.9 Å². The lowest BCUT2D eigenvalue weighted by Crippen LogP contribution is -2.29. The average molecular weight is 415 g/mol. The number of urea groups is 1. The number of hydrogen-bond acceptors (Lipinski definition) is 3. The Labute approximate surface area is 182 Å². The molecule has 1 fully saturated rings. The molecule has 0 spiro atoms. The van der Waals surface area contributed by atoms with Gasteiger partial charge in [-0.05, 0) is 79.9 Å². The summed E-state index contributed by atoms with van der Waals surface area (Å²) in [4.78, 5) is 27.0. The van der Waals surface area contributed by atoms with Gasteiger partial charge in [0.15, 0.2) is 0 Å². The second kappa shape index (κ2) is 9.80. The monoisotopic (exact) mass is 414 g/mol. The summed E-state index contributed by atoms with van der Waals surface area (Å²) in [7, 11) is 0. The van der Waals surface area contributed by atoms with Crippen molar-refractivity contribution in [2.45, 2.75) is 19.3 Å². The zero-order chi connectivity index (χ0) is 21.5. The maximum atomic E-state index is 12.6. The number of piperidine rings is 1. The molecule has 0 saturated carbocycles. The minimum atomic E-state index is -0.336. The van der Waals surface area contributed by atoms with Crippen LogP contribution in [0.1, 0.15) is 29.6 Å². The maximum absolute atomic E-state index is 12.6. The molecular weight excluding hydrogens is 388 g/mol. The molecular formula is C25H26N4O2. The summed E-state index contributed by atoms with van der Waals surface area (Å²) < 4.78 is 0. The SMILES string of the molecule is O=C(Nc1ccccc1)Nc1ccc(C(=O)Nc2ccc(N3CCCCC3)cc2)cc1. The Morgan fingerprint density at radius 1 is 0.613 bits per heavy atom. The number of nitrogens with one attached hydrogen (secondary N) is 3. The molecule has 3 N–H and O–H groups in total. The van der Waals surface area contributed by atoms with Crippen molar-refractivity contribution in [3.05, 3.63) is 84.4 Å². The lowest BCUT2D eigenvalue weighted by molar-refractivity contribution is 0.102. The lowest BCUT2D eigenvalue weighted by Gasteiger charge is -2.28. The fourth-order valence-corrected chi connectivity index (χ4v) is 3.63. The zero-order valence-electron chi connectivity index (χ0n) is 17.3. The van der Waals surface area contributed by atoms with Crippen LogP contribution in [0, 0.1) is 0 Å². The Bertz CT molecular complexity index is 1010. The molecule has 1 aliphatic heterocycles.